The smallest absolute Gasteiger partial charge is 0.223 e. The number of carbonyl (C=O) groups excluding carboxylic acids is 1. The first-order valence-electron chi connectivity index (χ1n) is 9.22. The number of benzene rings is 1. The van der Waals surface area contributed by atoms with Crippen molar-refractivity contribution in [2.45, 2.75) is 51.5 Å². The molecule has 23 heavy (non-hydrogen) atoms. The summed E-state index contributed by atoms with van der Waals surface area (Å²) in [5.74, 6) is 2.00. The first-order valence-corrected chi connectivity index (χ1v) is 9.22. The zero-order chi connectivity index (χ0) is 16.2. The maximum atomic E-state index is 12.8. The van der Waals surface area contributed by atoms with E-state index < -0.39 is 0 Å². The third-order valence-electron chi connectivity index (χ3n) is 5.94. The molecule has 4 atom stereocenters. The molecular weight excluding hydrogens is 284 g/mol. The molecule has 3 nitrogen and oxygen atoms in total. The van der Waals surface area contributed by atoms with Crippen LogP contribution >= 0.6 is 0 Å². The van der Waals surface area contributed by atoms with Gasteiger partial charge in [-0.15, -0.1) is 0 Å². The van der Waals surface area contributed by atoms with Crippen LogP contribution in [0.2, 0.25) is 0 Å². The van der Waals surface area contributed by atoms with E-state index in [1.54, 1.807) is 0 Å². The van der Waals surface area contributed by atoms with E-state index in [9.17, 15) is 4.79 Å². The molecule has 0 bridgehead atoms. The highest BCUT2D eigenvalue weighted by atomic mass is 16.2. The number of hydrogen-bond acceptors (Lipinski definition) is 2. The molecule has 3 heteroatoms. The number of nitrogens with one attached hydrogen (secondary N) is 1. The summed E-state index contributed by atoms with van der Waals surface area (Å²) in [6.07, 6.45) is 4.32. The lowest BCUT2D eigenvalue weighted by Gasteiger charge is -2.31. The number of rotatable bonds is 4. The minimum atomic E-state index is 0.321. The SMILES string of the molecule is CC(CC(=O)N1CCC(c2ccccc2)C1C)C1CCCNC1. The highest BCUT2D eigenvalue weighted by Gasteiger charge is 2.35. The monoisotopic (exact) mass is 314 g/mol. The fraction of sp³-hybridized carbons (Fsp3) is 0.650. The van der Waals surface area contributed by atoms with Gasteiger partial charge in [-0.25, -0.2) is 0 Å². The third-order valence-corrected chi connectivity index (χ3v) is 5.94. The molecule has 0 aromatic heterocycles. The Kier molecular flexibility index (Phi) is 5.37. The van der Waals surface area contributed by atoms with Crippen LogP contribution in [0.25, 0.3) is 0 Å². The Hall–Kier alpha value is -1.35. The zero-order valence-corrected chi connectivity index (χ0v) is 14.5. The van der Waals surface area contributed by atoms with Gasteiger partial charge in [-0.05, 0) is 56.7 Å². The van der Waals surface area contributed by atoms with E-state index in [4.69, 9.17) is 0 Å². The fourth-order valence-corrected chi connectivity index (χ4v) is 4.36. The van der Waals surface area contributed by atoms with Crippen LogP contribution in [0.1, 0.15) is 51.0 Å². The number of amides is 1. The Labute approximate surface area is 140 Å². The Bertz CT molecular complexity index is 510. The molecule has 1 aromatic rings. The van der Waals surface area contributed by atoms with Gasteiger partial charge in [-0.2, -0.15) is 0 Å². The predicted molar refractivity (Wildman–Crippen MR) is 94.3 cm³/mol. The Balaban J connectivity index is 1.57. The molecule has 2 fully saturated rings. The van der Waals surface area contributed by atoms with Crippen molar-refractivity contribution in [3.8, 4) is 0 Å². The van der Waals surface area contributed by atoms with Crippen molar-refractivity contribution in [3.63, 3.8) is 0 Å². The van der Waals surface area contributed by atoms with Crippen LogP contribution in [0.3, 0.4) is 0 Å². The van der Waals surface area contributed by atoms with E-state index in [1.807, 2.05) is 0 Å². The Morgan fingerprint density at radius 3 is 2.78 bits per heavy atom. The van der Waals surface area contributed by atoms with E-state index in [0.717, 1.165) is 26.1 Å². The van der Waals surface area contributed by atoms with Gasteiger partial charge < -0.3 is 10.2 Å². The lowest BCUT2D eigenvalue weighted by atomic mass is 9.85. The minimum absolute atomic E-state index is 0.321. The van der Waals surface area contributed by atoms with Gasteiger partial charge in [-0.3, -0.25) is 4.79 Å². The van der Waals surface area contributed by atoms with E-state index in [-0.39, 0.29) is 0 Å². The maximum Gasteiger partial charge on any atom is 0.223 e. The molecule has 2 heterocycles. The van der Waals surface area contributed by atoms with Crippen molar-refractivity contribution in [2.75, 3.05) is 19.6 Å². The molecule has 0 spiro atoms. The minimum Gasteiger partial charge on any atom is -0.339 e. The van der Waals surface area contributed by atoms with E-state index in [2.05, 4.69) is 54.4 Å². The van der Waals surface area contributed by atoms with E-state index in [0.29, 0.717) is 36.1 Å². The second-order valence-corrected chi connectivity index (χ2v) is 7.42. The second-order valence-electron chi connectivity index (χ2n) is 7.42. The lowest BCUT2D eigenvalue weighted by molar-refractivity contribution is -0.133. The Morgan fingerprint density at radius 1 is 1.30 bits per heavy atom. The maximum absolute atomic E-state index is 12.8. The molecule has 0 aliphatic carbocycles. The lowest BCUT2D eigenvalue weighted by Crippen LogP contribution is -2.39. The van der Waals surface area contributed by atoms with Crippen LogP contribution in [0.15, 0.2) is 30.3 Å². The summed E-state index contributed by atoms with van der Waals surface area (Å²) in [4.78, 5) is 14.9. The topological polar surface area (TPSA) is 32.3 Å². The summed E-state index contributed by atoms with van der Waals surface area (Å²) in [5.41, 5.74) is 1.37. The molecule has 2 aliphatic rings. The third kappa shape index (κ3) is 3.77. The number of nitrogens with zero attached hydrogens (tertiary/aromatic N) is 1. The van der Waals surface area contributed by atoms with Crippen LogP contribution in [-0.2, 0) is 4.79 Å². The summed E-state index contributed by atoms with van der Waals surface area (Å²) < 4.78 is 0. The van der Waals surface area contributed by atoms with Gasteiger partial charge in [0.25, 0.3) is 0 Å². The number of hydrogen-bond donors (Lipinski definition) is 1. The van der Waals surface area contributed by atoms with Crippen LogP contribution in [-0.4, -0.2) is 36.5 Å². The van der Waals surface area contributed by atoms with E-state index >= 15 is 0 Å². The second kappa shape index (κ2) is 7.48. The van der Waals surface area contributed by atoms with Gasteiger partial charge in [0.1, 0.15) is 0 Å². The zero-order valence-electron chi connectivity index (χ0n) is 14.5. The summed E-state index contributed by atoms with van der Waals surface area (Å²) >= 11 is 0. The van der Waals surface area contributed by atoms with Crippen molar-refractivity contribution in [1.82, 2.24) is 10.2 Å². The number of piperidine rings is 1. The molecule has 4 unspecified atom stereocenters. The average Bonchev–Trinajstić information content (AvgIpc) is 2.98. The van der Waals surface area contributed by atoms with Crippen LogP contribution in [0.5, 0.6) is 0 Å². The standard InChI is InChI=1S/C20H30N2O/c1-15(18-9-6-11-21-14-18)13-20(23)22-12-10-19(16(22)2)17-7-4-3-5-8-17/h3-5,7-8,15-16,18-19,21H,6,9-14H2,1-2H3. The summed E-state index contributed by atoms with van der Waals surface area (Å²) in [7, 11) is 0. The summed E-state index contributed by atoms with van der Waals surface area (Å²) in [5, 5.41) is 3.47. The highest BCUT2D eigenvalue weighted by Crippen LogP contribution is 2.34. The molecule has 3 rings (SSSR count). The predicted octanol–water partition coefficient (Wildman–Crippen LogP) is 3.42. The fourth-order valence-electron chi connectivity index (χ4n) is 4.36. The molecule has 1 aromatic carbocycles. The molecule has 1 amide bonds. The molecule has 0 radical (unpaired) electrons. The van der Waals surface area contributed by atoms with Gasteiger partial charge in [0, 0.05) is 24.9 Å². The highest BCUT2D eigenvalue weighted by molar-refractivity contribution is 5.77. The molecule has 2 aliphatic heterocycles. The molecular formula is C20H30N2O. The van der Waals surface area contributed by atoms with Crippen molar-refractivity contribution in [2.24, 2.45) is 11.8 Å². The van der Waals surface area contributed by atoms with Gasteiger partial charge in [0.2, 0.25) is 5.91 Å². The van der Waals surface area contributed by atoms with Gasteiger partial charge in [-0.1, -0.05) is 37.3 Å². The molecule has 1 N–H and O–H groups in total. The van der Waals surface area contributed by atoms with E-state index in [1.165, 1.54) is 18.4 Å². The van der Waals surface area contributed by atoms with Crippen LogP contribution in [0.4, 0.5) is 0 Å². The van der Waals surface area contributed by atoms with Crippen molar-refractivity contribution in [1.29, 1.82) is 0 Å². The average molecular weight is 314 g/mol. The Morgan fingerprint density at radius 2 is 2.09 bits per heavy atom. The van der Waals surface area contributed by atoms with Crippen molar-refractivity contribution in [3.05, 3.63) is 35.9 Å². The van der Waals surface area contributed by atoms with Crippen molar-refractivity contribution < 1.29 is 4.79 Å². The number of likely N-dealkylation sites (tertiary alicyclic amines) is 1. The van der Waals surface area contributed by atoms with Crippen LogP contribution < -0.4 is 5.32 Å². The van der Waals surface area contributed by atoms with Gasteiger partial charge >= 0.3 is 0 Å². The first kappa shape index (κ1) is 16.5. The molecule has 126 valence electrons. The molecule has 2 saturated heterocycles. The number of carbonyl (C=O) groups is 1. The quantitative estimate of drug-likeness (QED) is 0.923. The summed E-state index contributed by atoms with van der Waals surface area (Å²) in [6, 6.07) is 11.0. The van der Waals surface area contributed by atoms with Crippen LogP contribution in [0, 0.1) is 11.8 Å². The van der Waals surface area contributed by atoms with Gasteiger partial charge in [0.05, 0.1) is 0 Å². The van der Waals surface area contributed by atoms with Crippen molar-refractivity contribution >= 4 is 5.91 Å². The first-order chi connectivity index (χ1) is 11.2. The molecule has 0 saturated carbocycles. The largest absolute Gasteiger partial charge is 0.339 e. The van der Waals surface area contributed by atoms with Gasteiger partial charge in [0.15, 0.2) is 0 Å². The normalized spacial score (nSPS) is 29.5. The summed E-state index contributed by atoms with van der Waals surface area (Å²) in [6.45, 7) is 7.60.